The molecular formula is C18H27N3O3. The third-order valence-corrected chi connectivity index (χ3v) is 4.65. The second-order valence-corrected chi connectivity index (χ2v) is 6.75. The van der Waals surface area contributed by atoms with Crippen LogP contribution in [0.1, 0.15) is 18.4 Å². The first-order chi connectivity index (χ1) is 11.6. The maximum absolute atomic E-state index is 12.2. The largest absolute Gasteiger partial charge is 0.490 e. The average molecular weight is 333 g/mol. The molecule has 1 atom stereocenters. The van der Waals surface area contributed by atoms with E-state index >= 15 is 0 Å². The summed E-state index contributed by atoms with van der Waals surface area (Å²) < 4.78 is 11.3. The van der Waals surface area contributed by atoms with E-state index in [4.69, 9.17) is 9.47 Å². The predicted octanol–water partition coefficient (Wildman–Crippen LogP) is 1.10. The summed E-state index contributed by atoms with van der Waals surface area (Å²) >= 11 is 0. The van der Waals surface area contributed by atoms with Gasteiger partial charge in [0, 0.05) is 32.1 Å². The Bertz CT molecular complexity index is 577. The van der Waals surface area contributed by atoms with E-state index in [-0.39, 0.29) is 5.91 Å². The second kappa shape index (κ2) is 7.85. The normalized spacial score (nSPS) is 20.9. The van der Waals surface area contributed by atoms with Gasteiger partial charge in [-0.1, -0.05) is 6.07 Å². The highest BCUT2D eigenvalue weighted by Gasteiger charge is 2.25. The van der Waals surface area contributed by atoms with Crippen molar-refractivity contribution in [1.29, 1.82) is 0 Å². The third kappa shape index (κ3) is 4.39. The summed E-state index contributed by atoms with van der Waals surface area (Å²) in [6.07, 6.45) is 2.02. The van der Waals surface area contributed by atoms with Crippen LogP contribution < -0.4 is 14.8 Å². The van der Waals surface area contributed by atoms with E-state index < -0.39 is 0 Å². The lowest BCUT2D eigenvalue weighted by Gasteiger charge is -2.20. The van der Waals surface area contributed by atoms with E-state index in [1.54, 1.807) is 0 Å². The van der Waals surface area contributed by atoms with Crippen LogP contribution in [0.4, 0.5) is 0 Å². The van der Waals surface area contributed by atoms with Crippen LogP contribution in [0.3, 0.4) is 0 Å². The minimum Gasteiger partial charge on any atom is -0.490 e. The van der Waals surface area contributed by atoms with Crippen molar-refractivity contribution < 1.29 is 14.3 Å². The van der Waals surface area contributed by atoms with Gasteiger partial charge in [-0.3, -0.25) is 9.69 Å². The molecule has 6 heteroatoms. The minimum absolute atomic E-state index is 0.0708. The number of likely N-dealkylation sites (tertiary alicyclic amines) is 1. The average Bonchev–Trinajstić information content (AvgIpc) is 2.90. The molecule has 1 saturated heterocycles. The second-order valence-electron chi connectivity index (χ2n) is 6.75. The molecule has 0 saturated carbocycles. The van der Waals surface area contributed by atoms with E-state index in [1.165, 1.54) is 0 Å². The summed E-state index contributed by atoms with van der Waals surface area (Å²) in [6.45, 7) is 4.29. The van der Waals surface area contributed by atoms with Crippen LogP contribution in [-0.2, 0) is 11.3 Å². The predicted molar refractivity (Wildman–Crippen MR) is 92.4 cm³/mol. The molecule has 1 N–H and O–H groups in total. The number of carbonyl (C=O) groups is 1. The van der Waals surface area contributed by atoms with Crippen LogP contribution in [0, 0.1) is 0 Å². The number of hydrogen-bond acceptors (Lipinski definition) is 5. The molecule has 6 nitrogen and oxygen atoms in total. The van der Waals surface area contributed by atoms with Gasteiger partial charge in [-0.25, -0.2) is 0 Å². The van der Waals surface area contributed by atoms with Crippen LogP contribution in [0.15, 0.2) is 18.2 Å². The van der Waals surface area contributed by atoms with Crippen molar-refractivity contribution in [2.24, 2.45) is 0 Å². The summed E-state index contributed by atoms with van der Waals surface area (Å²) in [5.41, 5.74) is 1.03. The number of carbonyl (C=O) groups excluding carboxylic acids is 1. The fraction of sp³-hybridized carbons (Fsp3) is 0.611. The van der Waals surface area contributed by atoms with Gasteiger partial charge in [0.2, 0.25) is 5.91 Å². The maximum atomic E-state index is 12.2. The maximum Gasteiger partial charge on any atom is 0.234 e. The van der Waals surface area contributed by atoms with E-state index in [0.717, 1.165) is 43.0 Å². The molecule has 3 rings (SSSR count). The van der Waals surface area contributed by atoms with Gasteiger partial charge in [0.25, 0.3) is 0 Å². The van der Waals surface area contributed by atoms with Gasteiger partial charge in [-0.05, 0) is 38.2 Å². The van der Waals surface area contributed by atoms with Gasteiger partial charge in [-0.2, -0.15) is 0 Å². The van der Waals surface area contributed by atoms with Gasteiger partial charge >= 0.3 is 0 Å². The molecule has 132 valence electrons. The van der Waals surface area contributed by atoms with Crippen molar-refractivity contribution in [3.8, 4) is 11.5 Å². The highest BCUT2D eigenvalue weighted by atomic mass is 16.5. The molecule has 2 aliphatic rings. The molecule has 24 heavy (non-hydrogen) atoms. The Morgan fingerprint density at radius 3 is 2.83 bits per heavy atom. The Kier molecular flexibility index (Phi) is 5.58. The van der Waals surface area contributed by atoms with Gasteiger partial charge in [0.1, 0.15) is 0 Å². The molecule has 0 bridgehead atoms. The molecule has 1 fully saturated rings. The third-order valence-electron chi connectivity index (χ3n) is 4.65. The van der Waals surface area contributed by atoms with Crippen LogP contribution in [-0.4, -0.2) is 68.7 Å². The first-order valence-electron chi connectivity index (χ1n) is 8.66. The van der Waals surface area contributed by atoms with Crippen LogP contribution in [0.2, 0.25) is 0 Å². The van der Waals surface area contributed by atoms with Crippen molar-refractivity contribution >= 4 is 5.91 Å². The molecule has 0 aliphatic carbocycles. The van der Waals surface area contributed by atoms with E-state index in [1.807, 2.05) is 18.2 Å². The number of nitrogens with zero attached hydrogens (tertiary/aromatic N) is 2. The van der Waals surface area contributed by atoms with E-state index in [2.05, 4.69) is 29.2 Å². The van der Waals surface area contributed by atoms with Crippen LogP contribution in [0.5, 0.6) is 11.5 Å². The van der Waals surface area contributed by atoms with Crippen LogP contribution in [0.25, 0.3) is 0 Å². The van der Waals surface area contributed by atoms with Crippen molar-refractivity contribution in [3.05, 3.63) is 23.8 Å². The zero-order valence-electron chi connectivity index (χ0n) is 14.6. The quantitative estimate of drug-likeness (QED) is 0.874. The highest BCUT2D eigenvalue weighted by molar-refractivity contribution is 5.78. The first kappa shape index (κ1) is 17.0. The molecule has 2 heterocycles. The lowest BCUT2D eigenvalue weighted by molar-refractivity contribution is -0.122. The number of nitrogens with one attached hydrogen (secondary N) is 1. The van der Waals surface area contributed by atoms with Crippen molar-refractivity contribution in [1.82, 2.24) is 15.1 Å². The SMILES string of the molecule is CN(C)[C@H]1CCN(CC(=O)NCc2ccc3c(c2)OCCCO3)C1. The molecule has 1 aromatic rings. The summed E-state index contributed by atoms with van der Waals surface area (Å²) in [4.78, 5) is 16.6. The summed E-state index contributed by atoms with van der Waals surface area (Å²) in [7, 11) is 4.19. The fourth-order valence-corrected chi connectivity index (χ4v) is 3.15. The Balaban J connectivity index is 1.47. The topological polar surface area (TPSA) is 54.0 Å². The molecule has 0 spiro atoms. The summed E-state index contributed by atoms with van der Waals surface area (Å²) in [5, 5.41) is 3.00. The van der Waals surface area contributed by atoms with E-state index in [9.17, 15) is 4.79 Å². The molecule has 1 amide bonds. The summed E-state index contributed by atoms with van der Waals surface area (Å²) in [6, 6.07) is 6.41. The first-order valence-corrected chi connectivity index (χ1v) is 8.66. The van der Waals surface area contributed by atoms with Gasteiger partial charge in [0.05, 0.1) is 19.8 Å². The zero-order valence-corrected chi connectivity index (χ0v) is 14.6. The lowest BCUT2D eigenvalue weighted by atomic mass is 10.2. The minimum atomic E-state index is 0.0708. The fourth-order valence-electron chi connectivity index (χ4n) is 3.15. The van der Waals surface area contributed by atoms with Crippen molar-refractivity contribution in [3.63, 3.8) is 0 Å². The zero-order chi connectivity index (χ0) is 16.9. The van der Waals surface area contributed by atoms with Gasteiger partial charge < -0.3 is 19.7 Å². The number of rotatable bonds is 5. The number of ether oxygens (including phenoxy) is 2. The summed E-state index contributed by atoms with van der Waals surface area (Å²) in [5.74, 6) is 1.63. The Labute approximate surface area is 143 Å². The molecular weight excluding hydrogens is 306 g/mol. The molecule has 0 unspecified atom stereocenters. The van der Waals surface area contributed by atoms with Crippen LogP contribution >= 0.6 is 0 Å². The molecule has 1 aromatic carbocycles. The Hall–Kier alpha value is -1.79. The van der Waals surface area contributed by atoms with E-state index in [0.29, 0.717) is 32.3 Å². The lowest BCUT2D eigenvalue weighted by Crippen LogP contribution is -2.38. The number of fused-ring (bicyclic) bond motifs is 1. The molecule has 0 aromatic heterocycles. The number of benzene rings is 1. The number of likely N-dealkylation sites (N-methyl/N-ethyl adjacent to an activating group) is 1. The smallest absolute Gasteiger partial charge is 0.234 e. The van der Waals surface area contributed by atoms with Gasteiger partial charge in [-0.15, -0.1) is 0 Å². The molecule has 0 radical (unpaired) electrons. The molecule has 2 aliphatic heterocycles. The number of amides is 1. The highest BCUT2D eigenvalue weighted by Crippen LogP contribution is 2.30. The van der Waals surface area contributed by atoms with Crippen molar-refractivity contribution in [2.75, 3.05) is 46.9 Å². The monoisotopic (exact) mass is 333 g/mol. The standard InChI is InChI=1S/C18H27N3O3/c1-20(2)15-6-7-21(12-15)13-18(22)19-11-14-4-5-16-17(10-14)24-9-3-8-23-16/h4-5,10,15H,3,6-9,11-13H2,1-2H3,(H,19,22)/t15-/m0/s1. The number of hydrogen-bond donors (Lipinski definition) is 1. The van der Waals surface area contributed by atoms with Crippen molar-refractivity contribution in [2.45, 2.75) is 25.4 Å². The Morgan fingerprint density at radius 2 is 2.08 bits per heavy atom. The van der Waals surface area contributed by atoms with Gasteiger partial charge in [0.15, 0.2) is 11.5 Å². The Morgan fingerprint density at radius 1 is 1.29 bits per heavy atom.